The minimum absolute atomic E-state index is 0.0558. The van der Waals surface area contributed by atoms with Crippen molar-refractivity contribution < 1.29 is 31.5 Å². The van der Waals surface area contributed by atoms with E-state index < -0.39 is 37.7 Å². The van der Waals surface area contributed by atoms with E-state index in [2.05, 4.69) is 10.3 Å². The van der Waals surface area contributed by atoms with Crippen LogP contribution in [0.15, 0.2) is 76.7 Å². The molecule has 2 aromatic carbocycles. The summed E-state index contributed by atoms with van der Waals surface area (Å²) in [6, 6.07) is 11.2. The van der Waals surface area contributed by atoms with Crippen molar-refractivity contribution in [2.45, 2.75) is 23.9 Å². The lowest BCUT2D eigenvalue weighted by Crippen LogP contribution is -2.25. The van der Waals surface area contributed by atoms with Gasteiger partial charge in [0.05, 0.1) is 34.7 Å². The Morgan fingerprint density at radius 1 is 1.13 bits per heavy atom. The minimum atomic E-state index is -5.58. The van der Waals surface area contributed by atoms with Crippen LogP contribution in [-0.2, 0) is 16.4 Å². The summed E-state index contributed by atoms with van der Waals surface area (Å²) in [5, 5.41) is 13.7. The van der Waals surface area contributed by atoms with Gasteiger partial charge < -0.3 is 10.4 Å². The number of alkyl halides is 3. The first-order valence-electron chi connectivity index (χ1n) is 10.7. The van der Waals surface area contributed by atoms with Gasteiger partial charge in [-0.2, -0.15) is 13.2 Å². The number of sulfone groups is 1. The number of amides is 1. The van der Waals surface area contributed by atoms with Crippen LogP contribution in [0.25, 0.3) is 5.69 Å². The Hall–Kier alpha value is -4.10. The van der Waals surface area contributed by atoms with Crippen LogP contribution < -0.4 is 11.0 Å². The Balaban J connectivity index is 1.67. The summed E-state index contributed by atoms with van der Waals surface area (Å²) in [7, 11) is -5.58. The van der Waals surface area contributed by atoms with E-state index >= 15 is 0 Å². The number of rotatable bonds is 6. The zero-order valence-corrected chi connectivity index (χ0v) is 21.0. The summed E-state index contributed by atoms with van der Waals surface area (Å²) < 4.78 is 63.8. The Labute approximate surface area is 218 Å². The number of carbonyl (C=O) groups excluding carboxylic acids is 1. The van der Waals surface area contributed by atoms with Crippen molar-refractivity contribution in [3.8, 4) is 11.6 Å². The average molecular weight is 567 g/mol. The molecule has 0 saturated heterocycles. The van der Waals surface area contributed by atoms with Crippen molar-refractivity contribution in [1.29, 1.82) is 0 Å². The summed E-state index contributed by atoms with van der Waals surface area (Å²) in [6.07, 6.45) is 2.83. The van der Waals surface area contributed by atoms with Crippen molar-refractivity contribution in [3.63, 3.8) is 0 Å². The molecule has 0 aliphatic rings. The van der Waals surface area contributed by atoms with E-state index in [9.17, 15) is 36.3 Å². The number of carbonyl (C=O) groups is 1. The molecule has 0 atom stereocenters. The van der Waals surface area contributed by atoms with Crippen molar-refractivity contribution >= 4 is 33.0 Å². The van der Waals surface area contributed by atoms with Gasteiger partial charge in [-0.3, -0.25) is 14.3 Å². The van der Waals surface area contributed by atoms with E-state index in [1.807, 2.05) is 0 Å². The van der Waals surface area contributed by atoms with E-state index in [4.69, 9.17) is 11.6 Å². The number of aromatic hydroxyl groups is 1. The highest BCUT2D eigenvalue weighted by atomic mass is 35.5. The fourth-order valence-electron chi connectivity index (χ4n) is 3.63. The van der Waals surface area contributed by atoms with Crippen LogP contribution in [0.5, 0.6) is 5.88 Å². The maximum absolute atomic E-state index is 13.2. The average Bonchev–Trinajstić information content (AvgIpc) is 3.07. The molecule has 4 rings (SSSR count). The number of nitrogens with zero attached hydrogens (tertiary/aromatic N) is 3. The molecule has 14 heteroatoms. The Morgan fingerprint density at radius 2 is 1.82 bits per heavy atom. The van der Waals surface area contributed by atoms with Crippen LogP contribution in [0.1, 0.15) is 21.6 Å². The quantitative estimate of drug-likeness (QED) is 0.359. The van der Waals surface area contributed by atoms with Gasteiger partial charge in [-0.25, -0.2) is 17.8 Å². The fraction of sp³-hybridized carbons (Fsp3) is 0.125. The topological polar surface area (TPSA) is 123 Å². The van der Waals surface area contributed by atoms with Crippen molar-refractivity contribution in [2.75, 3.05) is 5.32 Å². The number of halogens is 4. The lowest BCUT2D eigenvalue weighted by Gasteiger charge is -2.12. The van der Waals surface area contributed by atoms with Crippen LogP contribution in [0.4, 0.5) is 18.9 Å². The molecular weight excluding hydrogens is 549 g/mol. The zero-order valence-electron chi connectivity index (χ0n) is 19.4. The van der Waals surface area contributed by atoms with Gasteiger partial charge in [0.15, 0.2) is 0 Å². The largest absolute Gasteiger partial charge is 0.501 e. The third-order valence-corrected chi connectivity index (χ3v) is 7.38. The normalized spacial score (nSPS) is 11.9. The molecule has 0 bridgehead atoms. The Morgan fingerprint density at radius 3 is 2.45 bits per heavy atom. The third kappa shape index (κ3) is 5.02. The van der Waals surface area contributed by atoms with E-state index in [1.165, 1.54) is 30.0 Å². The summed E-state index contributed by atoms with van der Waals surface area (Å²) in [5.74, 6) is -0.972. The zero-order chi connectivity index (χ0) is 27.8. The van der Waals surface area contributed by atoms with Crippen molar-refractivity contribution in [2.24, 2.45) is 0 Å². The first-order chi connectivity index (χ1) is 17.8. The summed E-state index contributed by atoms with van der Waals surface area (Å²) in [4.78, 5) is 28.9. The van der Waals surface area contributed by atoms with E-state index in [0.29, 0.717) is 28.3 Å². The van der Waals surface area contributed by atoms with Gasteiger partial charge in [0, 0.05) is 16.8 Å². The van der Waals surface area contributed by atoms with Crippen molar-refractivity contribution in [3.05, 3.63) is 99.3 Å². The standard InChI is InChI=1S/C24H18ClF3N4O5S/c1-14-22(34)32(18-5-7-19(8-6-18)38(36,37)24(26,27)28)23(35)31(14)13-16-9-10-29-12-20(16)30-21(33)15-3-2-4-17(25)11-15/h2-12,34H,13H2,1H3,(H,30,33). The second kappa shape index (κ2) is 9.99. The highest BCUT2D eigenvalue weighted by Crippen LogP contribution is 2.31. The highest BCUT2D eigenvalue weighted by Gasteiger charge is 2.46. The minimum Gasteiger partial charge on any atom is -0.493 e. The molecule has 2 heterocycles. The smallest absolute Gasteiger partial charge is 0.493 e. The first-order valence-corrected chi connectivity index (χ1v) is 12.6. The number of benzene rings is 2. The summed E-state index contributed by atoms with van der Waals surface area (Å²) in [5.41, 5.74) is -5.14. The molecule has 0 unspecified atom stereocenters. The molecule has 0 spiro atoms. The molecular formula is C24H18ClF3N4O5S. The molecule has 4 aromatic rings. The number of nitrogens with one attached hydrogen (secondary N) is 1. The van der Waals surface area contributed by atoms with Crippen LogP contribution in [-0.4, -0.2) is 39.1 Å². The predicted octanol–water partition coefficient (Wildman–Crippen LogP) is 4.30. The van der Waals surface area contributed by atoms with Crippen molar-refractivity contribution in [1.82, 2.24) is 14.1 Å². The number of imidazole rings is 1. The molecule has 0 aliphatic carbocycles. The molecule has 38 heavy (non-hydrogen) atoms. The molecule has 0 saturated carbocycles. The van der Waals surface area contributed by atoms with Gasteiger partial charge in [0.1, 0.15) is 0 Å². The summed E-state index contributed by atoms with van der Waals surface area (Å²) >= 11 is 5.95. The number of hydrogen-bond donors (Lipinski definition) is 2. The lowest BCUT2D eigenvalue weighted by molar-refractivity contribution is -0.0436. The number of anilines is 1. The fourth-order valence-corrected chi connectivity index (χ4v) is 4.58. The molecule has 9 nitrogen and oxygen atoms in total. The second-order valence-electron chi connectivity index (χ2n) is 8.05. The maximum Gasteiger partial charge on any atom is 0.501 e. The van der Waals surface area contributed by atoms with Crippen LogP contribution in [0.2, 0.25) is 5.02 Å². The van der Waals surface area contributed by atoms with Gasteiger partial charge in [-0.15, -0.1) is 0 Å². The molecule has 1 amide bonds. The Bertz CT molecular complexity index is 1700. The lowest BCUT2D eigenvalue weighted by atomic mass is 10.2. The SMILES string of the molecule is Cc1c(O)n(-c2ccc(S(=O)(=O)C(F)(F)F)cc2)c(=O)n1Cc1ccncc1NC(=O)c1cccc(Cl)c1. The van der Waals surface area contributed by atoms with Gasteiger partial charge in [0.25, 0.3) is 15.7 Å². The first kappa shape index (κ1) is 26.9. The van der Waals surface area contributed by atoms with Crippen LogP contribution in [0, 0.1) is 6.92 Å². The second-order valence-corrected chi connectivity index (χ2v) is 10.4. The van der Waals surface area contributed by atoms with E-state index in [0.717, 1.165) is 16.7 Å². The number of aromatic nitrogens is 3. The molecule has 2 N–H and O–H groups in total. The molecule has 0 aliphatic heterocycles. The third-order valence-electron chi connectivity index (χ3n) is 5.65. The van der Waals surface area contributed by atoms with Gasteiger partial charge in [-0.1, -0.05) is 17.7 Å². The number of pyridine rings is 1. The maximum atomic E-state index is 13.2. The van der Waals surface area contributed by atoms with Gasteiger partial charge in [-0.05, 0) is 61.0 Å². The van der Waals surface area contributed by atoms with E-state index in [1.54, 1.807) is 24.3 Å². The monoisotopic (exact) mass is 566 g/mol. The molecule has 2 aromatic heterocycles. The van der Waals surface area contributed by atoms with Gasteiger partial charge in [0.2, 0.25) is 5.88 Å². The molecule has 0 fully saturated rings. The predicted molar refractivity (Wildman–Crippen MR) is 132 cm³/mol. The van der Waals surface area contributed by atoms with E-state index in [-0.39, 0.29) is 23.6 Å². The summed E-state index contributed by atoms with van der Waals surface area (Å²) in [6.45, 7) is 1.33. The Kier molecular flexibility index (Phi) is 7.08. The van der Waals surface area contributed by atoms with Crippen LogP contribution >= 0.6 is 11.6 Å². The highest BCUT2D eigenvalue weighted by molar-refractivity contribution is 7.92. The molecule has 0 radical (unpaired) electrons. The van der Waals surface area contributed by atoms with Crippen LogP contribution in [0.3, 0.4) is 0 Å². The number of hydrogen-bond acceptors (Lipinski definition) is 6. The molecule has 198 valence electrons. The van der Waals surface area contributed by atoms with Gasteiger partial charge >= 0.3 is 11.2 Å².